The first-order valence-corrected chi connectivity index (χ1v) is 11.2. The Morgan fingerprint density at radius 3 is 1.86 bits per heavy atom. The van der Waals surface area contributed by atoms with E-state index in [1.54, 1.807) is 0 Å². The van der Waals surface area contributed by atoms with Crippen LogP contribution in [-0.2, 0) is 8.85 Å². The third-order valence-corrected chi connectivity index (χ3v) is 8.18. The zero-order valence-corrected chi connectivity index (χ0v) is 16.4. The van der Waals surface area contributed by atoms with Crippen LogP contribution in [0.3, 0.4) is 0 Å². The van der Waals surface area contributed by atoms with Gasteiger partial charge < -0.3 is 8.85 Å². The van der Waals surface area contributed by atoms with Crippen LogP contribution in [0.15, 0.2) is 0 Å². The molecule has 2 aliphatic rings. The second kappa shape index (κ2) is 9.41. The van der Waals surface area contributed by atoms with Gasteiger partial charge in [0.1, 0.15) is 0 Å². The van der Waals surface area contributed by atoms with Gasteiger partial charge >= 0.3 is 9.45 Å². The average molecular weight is 328 g/mol. The molecule has 0 aliphatic heterocycles. The van der Waals surface area contributed by atoms with Crippen molar-refractivity contribution in [3.63, 3.8) is 0 Å². The first kappa shape index (κ1) is 18.4. The molecule has 2 atom stereocenters. The van der Waals surface area contributed by atoms with Gasteiger partial charge in [-0.1, -0.05) is 39.5 Å². The highest BCUT2D eigenvalue weighted by atomic mass is 28.3. The van der Waals surface area contributed by atoms with Gasteiger partial charge in [0.2, 0.25) is 0 Å². The van der Waals surface area contributed by atoms with Crippen molar-refractivity contribution in [2.75, 3.05) is 13.2 Å². The zero-order chi connectivity index (χ0) is 15.9. The topological polar surface area (TPSA) is 21.7 Å². The van der Waals surface area contributed by atoms with E-state index in [1.165, 1.54) is 51.4 Å². The second-order valence-electron chi connectivity index (χ2n) is 7.33. The molecule has 0 saturated heterocycles. The summed E-state index contributed by atoms with van der Waals surface area (Å²) in [6.45, 7) is 10.7. The number of hydrogen-bond donors (Lipinski definition) is 0. The normalized spacial score (nSPS) is 31.1. The summed E-state index contributed by atoms with van der Waals surface area (Å²) >= 11 is 0. The van der Waals surface area contributed by atoms with Crippen molar-refractivity contribution in [1.29, 1.82) is 0 Å². The number of nitrogens with zero attached hydrogens (tertiary/aromatic N) is 1. The third-order valence-electron chi connectivity index (χ3n) is 5.69. The summed E-state index contributed by atoms with van der Waals surface area (Å²) in [6, 6.07) is 1.38. The minimum absolute atomic E-state index is 0.673. The summed E-state index contributed by atoms with van der Waals surface area (Å²) < 4.78 is 15.2. The van der Waals surface area contributed by atoms with Crippen LogP contribution in [0.4, 0.5) is 0 Å². The van der Waals surface area contributed by atoms with Crippen molar-refractivity contribution in [3.8, 4) is 0 Å². The lowest BCUT2D eigenvalue weighted by molar-refractivity contribution is 0.0340. The molecule has 130 valence electrons. The molecule has 2 rings (SSSR count). The van der Waals surface area contributed by atoms with Gasteiger partial charge in [-0.3, -0.25) is 4.57 Å². The standard InChI is InChI=1S/C18H37NO2Si/c1-5-20-22(21-6-2)19(17-13-8-7-9-14-17)18-15(3)11-10-12-16(18)4/h15-18,22H,5-14H2,1-4H3. The lowest BCUT2D eigenvalue weighted by Gasteiger charge is -2.49. The molecule has 22 heavy (non-hydrogen) atoms. The van der Waals surface area contributed by atoms with Crippen molar-refractivity contribution >= 4 is 9.45 Å². The molecule has 0 aromatic carbocycles. The fourth-order valence-electron chi connectivity index (χ4n) is 4.69. The quantitative estimate of drug-likeness (QED) is 0.653. The van der Waals surface area contributed by atoms with Gasteiger partial charge in [0, 0.05) is 25.3 Å². The Labute approximate surface area is 139 Å². The maximum Gasteiger partial charge on any atom is 0.411 e. The molecule has 4 heteroatoms. The SMILES string of the molecule is CCO[SiH](OCC)N(C1CCCCC1)C1C(C)CCCC1C. The Balaban J connectivity index is 2.21. The second-order valence-corrected chi connectivity index (χ2v) is 9.21. The summed E-state index contributed by atoms with van der Waals surface area (Å²) in [5.41, 5.74) is 0. The van der Waals surface area contributed by atoms with Crippen molar-refractivity contribution < 1.29 is 8.85 Å². The first-order chi connectivity index (χ1) is 10.7. The Morgan fingerprint density at radius 2 is 1.36 bits per heavy atom. The fourth-order valence-corrected chi connectivity index (χ4v) is 7.21. The molecule has 0 spiro atoms. The molecular formula is C18H37NO2Si. The molecule has 2 saturated carbocycles. The predicted molar refractivity (Wildman–Crippen MR) is 95.1 cm³/mol. The lowest BCUT2D eigenvalue weighted by Crippen LogP contribution is -2.60. The molecule has 3 nitrogen and oxygen atoms in total. The molecule has 0 amide bonds. The van der Waals surface area contributed by atoms with E-state index in [2.05, 4.69) is 32.3 Å². The maximum atomic E-state index is 6.19. The molecule has 0 bridgehead atoms. The minimum atomic E-state index is -1.74. The van der Waals surface area contributed by atoms with Gasteiger partial charge in [0.15, 0.2) is 0 Å². The Morgan fingerprint density at radius 1 is 0.818 bits per heavy atom. The predicted octanol–water partition coefficient (Wildman–Crippen LogP) is 4.24. The van der Waals surface area contributed by atoms with Crippen LogP contribution in [0, 0.1) is 11.8 Å². The van der Waals surface area contributed by atoms with Crippen LogP contribution in [0.5, 0.6) is 0 Å². The van der Waals surface area contributed by atoms with E-state index in [1.807, 2.05) is 0 Å². The summed E-state index contributed by atoms with van der Waals surface area (Å²) in [5.74, 6) is 1.56. The van der Waals surface area contributed by atoms with Crippen LogP contribution in [0.2, 0.25) is 0 Å². The molecule has 2 fully saturated rings. The van der Waals surface area contributed by atoms with Crippen molar-refractivity contribution in [2.45, 2.75) is 91.1 Å². The van der Waals surface area contributed by atoms with E-state index in [9.17, 15) is 0 Å². The van der Waals surface area contributed by atoms with E-state index in [0.29, 0.717) is 12.1 Å². The van der Waals surface area contributed by atoms with Crippen molar-refractivity contribution in [1.82, 2.24) is 4.57 Å². The molecule has 0 N–H and O–H groups in total. The molecule has 0 heterocycles. The van der Waals surface area contributed by atoms with E-state index < -0.39 is 9.45 Å². The van der Waals surface area contributed by atoms with Gasteiger partial charge in [0.05, 0.1) is 0 Å². The summed E-state index contributed by atoms with van der Waals surface area (Å²) in [5, 5.41) is 0. The maximum absolute atomic E-state index is 6.19. The Bertz CT molecular complexity index is 293. The van der Waals surface area contributed by atoms with Gasteiger partial charge in [0.25, 0.3) is 0 Å². The van der Waals surface area contributed by atoms with Crippen molar-refractivity contribution in [2.24, 2.45) is 11.8 Å². The van der Waals surface area contributed by atoms with E-state index >= 15 is 0 Å². The van der Waals surface area contributed by atoms with Gasteiger partial charge in [-0.25, -0.2) is 0 Å². The molecular weight excluding hydrogens is 290 g/mol. The van der Waals surface area contributed by atoms with Gasteiger partial charge in [-0.05, 0) is 51.4 Å². The molecule has 0 radical (unpaired) electrons. The van der Waals surface area contributed by atoms with Crippen LogP contribution in [-0.4, -0.2) is 39.3 Å². The van der Waals surface area contributed by atoms with E-state index in [4.69, 9.17) is 8.85 Å². The van der Waals surface area contributed by atoms with Crippen LogP contribution < -0.4 is 0 Å². The van der Waals surface area contributed by atoms with Gasteiger partial charge in [-0.2, -0.15) is 0 Å². The molecule has 2 unspecified atom stereocenters. The molecule has 0 aromatic heterocycles. The Kier molecular flexibility index (Phi) is 7.88. The third kappa shape index (κ3) is 4.56. The van der Waals surface area contributed by atoms with Crippen LogP contribution >= 0.6 is 0 Å². The number of hydrogen-bond acceptors (Lipinski definition) is 3. The Hall–Kier alpha value is 0.0969. The van der Waals surface area contributed by atoms with Crippen LogP contribution in [0.25, 0.3) is 0 Å². The molecule has 2 aliphatic carbocycles. The lowest BCUT2D eigenvalue weighted by atomic mass is 9.77. The molecule has 0 aromatic rings. The van der Waals surface area contributed by atoms with E-state index in [-0.39, 0.29) is 0 Å². The van der Waals surface area contributed by atoms with Crippen molar-refractivity contribution in [3.05, 3.63) is 0 Å². The average Bonchev–Trinajstić information content (AvgIpc) is 2.52. The van der Waals surface area contributed by atoms with E-state index in [0.717, 1.165) is 25.0 Å². The summed E-state index contributed by atoms with van der Waals surface area (Å²) in [6.07, 6.45) is 11.0. The summed E-state index contributed by atoms with van der Waals surface area (Å²) in [4.78, 5) is 0. The smallest absolute Gasteiger partial charge is 0.385 e. The monoisotopic (exact) mass is 327 g/mol. The minimum Gasteiger partial charge on any atom is -0.385 e. The summed E-state index contributed by atoms with van der Waals surface area (Å²) in [7, 11) is -1.74. The highest BCUT2D eigenvalue weighted by molar-refractivity contribution is 6.41. The largest absolute Gasteiger partial charge is 0.411 e. The highest BCUT2D eigenvalue weighted by Gasteiger charge is 2.42. The number of rotatable bonds is 7. The van der Waals surface area contributed by atoms with Gasteiger partial charge in [-0.15, -0.1) is 0 Å². The first-order valence-electron chi connectivity index (χ1n) is 9.69. The zero-order valence-electron chi connectivity index (χ0n) is 15.2. The van der Waals surface area contributed by atoms with Crippen LogP contribution in [0.1, 0.15) is 79.1 Å². The highest BCUT2D eigenvalue weighted by Crippen LogP contribution is 2.37. The fraction of sp³-hybridized carbons (Fsp3) is 1.00.